The Hall–Kier alpha value is -0.820. The van der Waals surface area contributed by atoms with Crippen molar-refractivity contribution >= 4 is 0 Å². The summed E-state index contributed by atoms with van der Waals surface area (Å²) in [6.45, 7) is 11.9. The zero-order valence-corrected chi connectivity index (χ0v) is 13.8. The molecule has 1 aromatic carbocycles. The molecule has 2 aliphatic rings. The van der Waals surface area contributed by atoms with Crippen molar-refractivity contribution in [2.75, 3.05) is 13.6 Å². The fraction of sp³-hybridized carbons (Fsp3) is 0.684. The van der Waals surface area contributed by atoms with E-state index < -0.39 is 0 Å². The van der Waals surface area contributed by atoms with Gasteiger partial charge >= 0.3 is 0 Å². The Bertz CT molecular complexity index is 523. The zero-order valence-electron chi connectivity index (χ0n) is 13.8. The third kappa shape index (κ3) is 2.30. The maximum atomic E-state index is 2.52. The van der Waals surface area contributed by atoms with Crippen LogP contribution in [0, 0.1) is 0 Å². The van der Waals surface area contributed by atoms with E-state index in [4.69, 9.17) is 0 Å². The molecule has 0 saturated heterocycles. The van der Waals surface area contributed by atoms with Crippen LogP contribution < -0.4 is 0 Å². The first-order chi connectivity index (χ1) is 9.29. The van der Waals surface area contributed by atoms with E-state index in [1.54, 1.807) is 16.7 Å². The zero-order chi connectivity index (χ0) is 14.5. The monoisotopic (exact) mass is 271 g/mol. The molecule has 0 saturated carbocycles. The lowest BCUT2D eigenvalue weighted by molar-refractivity contribution is 0.213. The highest BCUT2D eigenvalue weighted by atomic mass is 15.1. The molecule has 1 aromatic rings. The van der Waals surface area contributed by atoms with Crippen molar-refractivity contribution in [1.29, 1.82) is 0 Å². The summed E-state index contributed by atoms with van der Waals surface area (Å²) in [4.78, 5) is 2.52. The first-order valence-corrected chi connectivity index (χ1v) is 8.15. The molecule has 1 aliphatic heterocycles. The van der Waals surface area contributed by atoms with Gasteiger partial charge in [-0.15, -0.1) is 0 Å². The van der Waals surface area contributed by atoms with E-state index in [2.05, 4.69) is 51.8 Å². The summed E-state index contributed by atoms with van der Waals surface area (Å²) in [6, 6.07) is 5.02. The van der Waals surface area contributed by atoms with Crippen LogP contribution in [0.4, 0.5) is 0 Å². The lowest BCUT2D eigenvalue weighted by Gasteiger charge is -2.42. The normalized spacial score (nSPS) is 27.1. The molecule has 20 heavy (non-hydrogen) atoms. The molecule has 1 heteroatoms. The summed E-state index contributed by atoms with van der Waals surface area (Å²) < 4.78 is 0. The van der Waals surface area contributed by atoms with Gasteiger partial charge in [0.05, 0.1) is 0 Å². The maximum absolute atomic E-state index is 2.52. The van der Waals surface area contributed by atoms with Gasteiger partial charge in [-0.05, 0) is 54.0 Å². The second-order valence-corrected chi connectivity index (χ2v) is 8.36. The molecule has 1 aliphatic carbocycles. The largest absolute Gasteiger partial charge is 0.301 e. The summed E-state index contributed by atoms with van der Waals surface area (Å²) in [5, 5.41) is 0. The number of likely N-dealkylation sites (N-methyl/N-ethyl adjacent to an activating group) is 1. The van der Waals surface area contributed by atoms with E-state index >= 15 is 0 Å². The summed E-state index contributed by atoms with van der Waals surface area (Å²) >= 11 is 0. The topological polar surface area (TPSA) is 3.24 Å². The van der Waals surface area contributed by atoms with Crippen molar-refractivity contribution < 1.29 is 0 Å². The van der Waals surface area contributed by atoms with Crippen LogP contribution in [-0.2, 0) is 23.8 Å². The van der Waals surface area contributed by atoms with Crippen LogP contribution in [0.3, 0.4) is 0 Å². The molecule has 0 fully saturated rings. The average molecular weight is 271 g/mol. The van der Waals surface area contributed by atoms with Crippen LogP contribution in [-0.4, -0.2) is 18.5 Å². The highest BCUT2D eigenvalue weighted by Gasteiger charge is 2.37. The number of aryl methyl sites for hydroxylation is 1. The van der Waals surface area contributed by atoms with Crippen LogP contribution in [0.5, 0.6) is 0 Å². The Kier molecular flexibility index (Phi) is 3.25. The molecule has 0 aromatic heterocycles. The first kappa shape index (κ1) is 14.1. The van der Waals surface area contributed by atoms with Crippen molar-refractivity contribution in [1.82, 2.24) is 4.90 Å². The van der Waals surface area contributed by atoms with Crippen molar-refractivity contribution in [3.8, 4) is 0 Å². The van der Waals surface area contributed by atoms with Gasteiger partial charge in [-0.1, -0.05) is 46.2 Å². The van der Waals surface area contributed by atoms with Crippen molar-refractivity contribution in [2.24, 2.45) is 0 Å². The minimum absolute atomic E-state index is 0.254. The third-order valence-corrected chi connectivity index (χ3v) is 5.26. The number of rotatable bonds is 0. The highest BCUT2D eigenvalue weighted by molar-refractivity contribution is 5.48. The Balaban J connectivity index is 2.21. The van der Waals surface area contributed by atoms with Crippen LogP contribution in [0.25, 0.3) is 0 Å². The lowest BCUT2D eigenvalue weighted by atomic mass is 9.71. The fourth-order valence-electron chi connectivity index (χ4n) is 4.35. The van der Waals surface area contributed by atoms with Crippen molar-refractivity contribution in [3.05, 3.63) is 34.4 Å². The van der Waals surface area contributed by atoms with Gasteiger partial charge in [0, 0.05) is 18.5 Å². The number of hydrogen-bond acceptors (Lipinski definition) is 1. The quantitative estimate of drug-likeness (QED) is 0.675. The third-order valence-electron chi connectivity index (χ3n) is 5.26. The van der Waals surface area contributed by atoms with Crippen molar-refractivity contribution in [3.63, 3.8) is 0 Å². The molecule has 1 heterocycles. The maximum Gasteiger partial charge on any atom is 0.0234 e. The van der Waals surface area contributed by atoms with Gasteiger partial charge in [0.15, 0.2) is 0 Å². The molecule has 0 N–H and O–H groups in total. The molecule has 0 bridgehead atoms. The Morgan fingerprint density at radius 1 is 1.10 bits per heavy atom. The molecule has 1 nitrogen and oxygen atoms in total. The summed E-state index contributed by atoms with van der Waals surface area (Å²) in [5.41, 5.74) is 7.12. The van der Waals surface area contributed by atoms with E-state index in [1.165, 1.54) is 37.8 Å². The smallest absolute Gasteiger partial charge is 0.0234 e. The molecule has 110 valence electrons. The van der Waals surface area contributed by atoms with Gasteiger partial charge in [0.25, 0.3) is 0 Å². The Morgan fingerprint density at radius 2 is 1.80 bits per heavy atom. The van der Waals surface area contributed by atoms with Crippen LogP contribution >= 0.6 is 0 Å². The standard InChI is InChI=1S/C19H29N/c1-18(2,3)16-10-14-8-6-7-9-19(4)13-20(5)12-15(11-16)17(14)19/h10-11H,6-9,12-13H2,1-5H3. The van der Waals surface area contributed by atoms with E-state index in [0.29, 0.717) is 5.41 Å². The number of benzene rings is 1. The molecule has 0 radical (unpaired) electrons. The molecular weight excluding hydrogens is 242 g/mol. The number of nitrogens with zero attached hydrogens (tertiary/aromatic N) is 1. The number of hydrogen-bond donors (Lipinski definition) is 0. The van der Waals surface area contributed by atoms with E-state index in [1.807, 2.05) is 0 Å². The van der Waals surface area contributed by atoms with Gasteiger partial charge in [-0.3, -0.25) is 0 Å². The molecule has 1 atom stereocenters. The molecular formula is C19H29N. The summed E-state index contributed by atoms with van der Waals surface area (Å²) in [5.74, 6) is 0. The Morgan fingerprint density at radius 3 is 2.50 bits per heavy atom. The second kappa shape index (κ2) is 4.59. The average Bonchev–Trinajstić information content (AvgIpc) is 2.47. The fourth-order valence-corrected chi connectivity index (χ4v) is 4.35. The first-order valence-electron chi connectivity index (χ1n) is 8.15. The van der Waals surface area contributed by atoms with E-state index in [0.717, 1.165) is 6.54 Å². The minimum atomic E-state index is 0.254. The summed E-state index contributed by atoms with van der Waals surface area (Å²) in [7, 11) is 2.28. The van der Waals surface area contributed by atoms with Crippen LogP contribution in [0.15, 0.2) is 12.1 Å². The van der Waals surface area contributed by atoms with Gasteiger partial charge in [0.2, 0.25) is 0 Å². The predicted molar refractivity (Wildman–Crippen MR) is 86.4 cm³/mol. The minimum Gasteiger partial charge on any atom is -0.301 e. The van der Waals surface area contributed by atoms with Gasteiger partial charge in [0.1, 0.15) is 0 Å². The molecule has 1 unspecified atom stereocenters. The second-order valence-electron chi connectivity index (χ2n) is 8.36. The predicted octanol–water partition coefficient (Wildman–Crippen LogP) is 4.41. The summed E-state index contributed by atoms with van der Waals surface area (Å²) in [6.07, 6.45) is 5.38. The van der Waals surface area contributed by atoms with Gasteiger partial charge in [-0.2, -0.15) is 0 Å². The molecule has 0 spiro atoms. The van der Waals surface area contributed by atoms with Gasteiger partial charge in [-0.25, -0.2) is 0 Å². The van der Waals surface area contributed by atoms with E-state index in [-0.39, 0.29) is 5.41 Å². The molecule has 3 rings (SSSR count). The van der Waals surface area contributed by atoms with Gasteiger partial charge < -0.3 is 4.90 Å². The van der Waals surface area contributed by atoms with Crippen LogP contribution in [0.2, 0.25) is 0 Å². The highest BCUT2D eigenvalue weighted by Crippen LogP contribution is 2.43. The molecule has 0 amide bonds. The Labute approximate surface area is 124 Å². The lowest BCUT2D eigenvalue weighted by Crippen LogP contribution is -2.42. The SMILES string of the molecule is CN1Cc2cc(C(C)(C)C)cc3c2C(C)(CCCC3)C1. The van der Waals surface area contributed by atoms with Crippen molar-refractivity contribution in [2.45, 2.75) is 70.8 Å². The van der Waals surface area contributed by atoms with E-state index in [9.17, 15) is 0 Å². The van der Waals surface area contributed by atoms with Crippen LogP contribution in [0.1, 0.15) is 69.2 Å².